The summed E-state index contributed by atoms with van der Waals surface area (Å²) in [7, 11) is 1.70. The van der Waals surface area contributed by atoms with Gasteiger partial charge in [-0.2, -0.15) is 0 Å². The van der Waals surface area contributed by atoms with Gasteiger partial charge in [-0.1, -0.05) is 6.07 Å². The number of ether oxygens (including phenoxy) is 1. The Bertz CT molecular complexity index is 770. The number of benzene rings is 1. The number of thiophene rings is 1. The summed E-state index contributed by atoms with van der Waals surface area (Å²) in [5, 5.41) is 2.09. The van der Waals surface area contributed by atoms with Crippen LogP contribution in [0.2, 0.25) is 0 Å². The van der Waals surface area contributed by atoms with E-state index in [-0.39, 0.29) is 0 Å². The quantitative estimate of drug-likeness (QED) is 0.726. The van der Waals surface area contributed by atoms with Crippen molar-refractivity contribution in [3.8, 4) is 5.75 Å². The first-order chi connectivity index (χ1) is 14.2. The molecule has 0 spiro atoms. The summed E-state index contributed by atoms with van der Waals surface area (Å²) in [6.07, 6.45) is 3.84. The minimum absolute atomic E-state index is 0.319. The maximum absolute atomic E-state index is 12.7. The summed E-state index contributed by atoms with van der Waals surface area (Å²) >= 11 is 1.74. The molecule has 5 nitrogen and oxygen atoms in total. The van der Waals surface area contributed by atoms with Gasteiger partial charge in [0.15, 0.2) is 0 Å². The van der Waals surface area contributed by atoms with Crippen LogP contribution in [0.5, 0.6) is 5.75 Å². The van der Waals surface area contributed by atoms with Gasteiger partial charge in [-0.05, 0) is 55.0 Å². The molecule has 156 valence electrons. The molecule has 1 aromatic carbocycles. The third-order valence-electron chi connectivity index (χ3n) is 6.18. The number of nitrogens with zero attached hydrogens (tertiary/aromatic N) is 3. The maximum atomic E-state index is 12.7. The number of carbonyl (C=O) groups excluding carboxylic acids is 1. The van der Waals surface area contributed by atoms with Gasteiger partial charge >= 0.3 is 0 Å². The first-order valence-corrected chi connectivity index (χ1v) is 11.5. The van der Waals surface area contributed by atoms with E-state index in [1.807, 2.05) is 12.1 Å². The molecule has 6 heteroatoms. The van der Waals surface area contributed by atoms with Gasteiger partial charge in [-0.15, -0.1) is 11.3 Å². The Hall–Kier alpha value is -2.05. The number of carbonyl (C=O) groups is 1. The summed E-state index contributed by atoms with van der Waals surface area (Å²) < 4.78 is 5.26. The minimum Gasteiger partial charge on any atom is -0.497 e. The molecule has 1 unspecified atom stereocenters. The van der Waals surface area contributed by atoms with E-state index in [4.69, 9.17) is 4.74 Å². The van der Waals surface area contributed by atoms with Crippen LogP contribution in [-0.4, -0.2) is 68.1 Å². The van der Waals surface area contributed by atoms with Crippen molar-refractivity contribution in [1.29, 1.82) is 0 Å². The van der Waals surface area contributed by atoms with Gasteiger partial charge in [-0.25, -0.2) is 0 Å². The Kier molecular flexibility index (Phi) is 6.72. The van der Waals surface area contributed by atoms with Crippen molar-refractivity contribution < 1.29 is 9.53 Å². The minimum atomic E-state index is 0.319. The standard InChI is InChI=1S/C23H31N3O2S/c1-28-21-8-6-19(7-9-21)24-13-15-25(16-14-24)20-4-2-12-26(18-20)23(27)11-10-22-5-3-17-29-22/h3,5-9,17,20H,2,4,10-16,18H2,1H3. The number of hydrogen-bond donors (Lipinski definition) is 0. The van der Waals surface area contributed by atoms with Crippen LogP contribution in [0.3, 0.4) is 0 Å². The number of likely N-dealkylation sites (tertiary alicyclic amines) is 1. The molecule has 29 heavy (non-hydrogen) atoms. The highest BCUT2D eigenvalue weighted by molar-refractivity contribution is 7.09. The Labute approximate surface area is 177 Å². The van der Waals surface area contributed by atoms with E-state index in [9.17, 15) is 4.79 Å². The van der Waals surface area contributed by atoms with Crippen LogP contribution in [-0.2, 0) is 11.2 Å². The fourth-order valence-electron chi connectivity index (χ4n) is 4.46. The van der Waals surface area contributed by atoms with Gasteiger partial charge in [0.25, 0.3) is 0 Å². The molecule has 1 atom stereocenters. The molecular weight excluding hydrogens is 382 g/mol. The smallest absolute Gasteiger partial charge is 0.222 e. The average Bonchev–Trinajstić information content (AvgIpc) is 3.31. The molecular formula is C23H31N3O2S. The number of methoxy groups -OCH3 is 1. The van der Waals surface area contributed by atoms with Crippen LogP contribution < -0.4 is 9.64 Å². The molecule has 4 rings (SSSR count). The molecule has 0 aliphatic carbocycles. The number of piperazine rings is 1. The van der Waals surface area contributed by atoms with Gasteiger partial charge in [0.05, 0.1) is 7.11 Å². The highest BCUT2D eigenvalue weighted by Gasteiger charge is 2.29. The molecule has 0 bridgehead atoms. The molecule has 2 aliphatic rings. The molecule has 1 amide bonds. The number of hydrogen-bond acceptors (Lipinski definition) is 5. The van der Waals surface area contributed by atoms with Crippen LogP contribution in [0.1, 0.15) is 24.1 Å². The molecule has 1 aromatic heterocycles. The number of rotatable bonds is 6. The monoisotopic (exact) mass is 413 g/mol. The lowest BCUT2D eigenvalue weighted by Gasteiger charge is -2.44. The molecule has 3 heterocycles. The van der Waals surface area contributed by atoms with Crippen molar-refractivity contribution in [3.05, 3.63) is 46.7 Å². The zero-order valence-electron chi connectivity index (χ0n) is 17.3. The zero-order valence-corrected chi connectivity index (χ0v) is 18.1. The van der Waals surface area contributed by atoms with E-state index < -0.39 is 0 Å². The van der Waals surface area contributed by atoms with Crippen molar-refractivity contribution >= 4 is 22.9 Å². The van der Waals surface area contributed by atoms with Crippen LogP contribution in [0.15, 0.2) is 41.8 Å². The van der Waals surface area contributed by atoms with E-state index in [0.717, 1.165) is 57.9 Å². The van der Waals surface area contributed by atoms with Crippen molar-refractivity contribution in [3.63, 3.8) is 0 Å². The second-order valence-electron chi connectivity index (χ2n) is 7.94. The molecule has 2 aromatic rings. The number of piperidine rings is 1. The Balaban J connectivity index is 1.26. The van der Waals surface area contributed by atoms with Crippen LogP contribution in [0.25, 0.3) is 0 Å². The summed E-state index contributed by atoms with van der Waals surface area (Å²) in [4.78, 5) is 21.2. The largest absolute Gasteiger partial charge is 0.497 e. The number of anilines is 1. The normalized spacial score (nSPS) is 20.7. The van der Waals surface area contributed by atoms with E-state index >= 15 is 0 Å². The van der Waals surface area contributed by atoms with Crippen molar-refractivity contribution in [1.82, 2.24) is 9.80 Å². The van der Waals surface area contributed by atoms with Crippen molar-refractivity contribution in [2.75, 3.05) is 51.3 Å². The lowest BCUT2D eigenvalue weighted by molar-refractivity contribution is -0.133. The van der Waals surface area contributed by atoms with Crippen LogP contribution >= 0.6 is 11.3 Å². The Morgan fingerprint density at radius 1 is 1.10 bits per heavy atom. The third-order valence-corrected chi connectivity index (χ3v) is 7.12. The predicted octanol–water partition coefficient (Wildman–Crippen LogP) is 3.50. The lowest BCUT2D eigenvalue weighted by atomic mass is 10.0. The van der Waals surface area contributed by atoms with Crippen molar-refractivity contribution in [2.24, 2.45) is 0 Å². The molecule has 0 radical (unpaired) electrons. The van der Waals surface area contributed by atoms with Crippen LogP contribution in [0.4, 0.5) is 5.69 Å². The summed E-state index contributed by atoms with van der Waals surface area (Å²) in [6.45, 7) is 6.02. The second kappa shape index (κ2) is 9.63. The van der Waals surface area contributed by atoms with Gasteiger partial charge in [0, 0.05) is 62.3 Å². The zero-order chi connectivity index (χ0) is 20.1. The average molecular weight is 414 g/mol. The summed E-state index contributed by atoms with van der Waals surface area (Å²) in [6, 6.07) is 13.0. The lowest BCUT2D eigenvalue weighted by Crippen LogP contribution is -2.55. The molecule has 2 aliphatic heterocycles. The summed E-state index contributed by atoms with van der Waals surface area (Å²) in [5.74, 6) is 1.22. The SMILES string of the molecule is COc1ccc(N2CCN(C3CCCN(C(=O)CCc4cccs4)C3)CC2)cc1. The van der Waals surface area contributed by atoms with E-state index in [0.29, 0.717) is 18.4 Å². The van der Waals surface area contributed by atoms with Gasteiger partial charge in [0.1, 0.15) is 5.75 Å². The van der Waals surface area contributed by atoms with Gasteiger partial charge in [0.2, 0.25) is 5.91 Å². The molecule has 2 saturated heterocycles. The number of aryl methyl sites for hydroxylation is 1. The molecule has 0 N–H and O–H groups in total. The summed E-state index contributed by atoms with van der Waals surface area (Å²) in [5.41, 5.74) is 1.26. The highest BCUT2D eigenvalue weighted by atomic mass is 32.1. The molecule has 0 saturated carbocycles. The topological polar surface area (TPSA) is 36.0 Å². The van der Waals surface area contributed by atoms with E-state index in [1.165, 1.54) is 17.0 Å². The van der Waals surface area contributed by atoms with E-state index in [2.05, 4.69) is 44.3 Å². The van der Waals surface area contributed by atoms with Crippen molar-refractivity contribution in [2.45, 2.75) is 31.7 Å². The van der Waals surface area contributed by atoms with Crippen LogP contribution in [0, 0.1) is 0 Å². The number of amides is 1. The van der Waals surface area contributed by atoms with Gasteiger partial charge in [-0.3, -0.25) is 9.69 Å². The highest BCUT2D eigenvalue weighted by Crippen LogP contribution is 2.23. The Morgan fingerprint density at radius 3 is 2.59 bits per heavy atom. The fraction of sp³-hybridized carbons (Fsp3) is 0.522. The maximum Gasteiger partial charge on any atom is 0.222 e. The van der Waals surface area contributed by atoms with E-state index in [1.54, 1.807) is 18.4 Å². The second-order valence-corrected chi connectivity index (χ2v) is 8.97. The first kappa shape index (κ1) is 20.2. The predicted molar refractivity (Wildman–Crippen MR) is 119 cm³/mol. The van der Waals surface area contributed by atoms with Gasteiger partial charge < -0.3 is 14.5 Å². The fourth-order valence-corrected chi connectivity index (χ4v) is 5.17. The molecule has 2 fully saturated rings. The third kappa shape index (κ3) is 5.11. The first-order valence-electron chi connectivity index (χ1n) is 10.7. The Morgan fingerprint density at radius 2 is 1.90 bits per heavy atom.